The van der Waals surface area contributed by atoms with E-state index in [1.54, 1.807) is 0 Å². The number of anilines is 1. The molecular weight excluding hydrogens is 333 g/mol. The highest BCUT2D eigenvalue weighted by Crippen LogP contribution is 2.29. The lowest BCUT2D eigenvalue weighted by atomic mass is 10.1. The van der Waals surface area contributed by atoms with Crippen molar-refractivity contribution in [2.75, 3.05) is 5.73 Å². The van der Waals surface area contributed by atoms with Gasteiger partial charge in [-0.2, -0.15) is 0 Å². The summed E-state index contributed by atoms with van der Waals surface area (Å²) in [5.74, 6) is -0.0410. The van der Waals surface area contributed by atoms with Gasteiger partial charge in [-0.1, -0.05) is 42.5 Å². The van der Waals surface area contributed by atoms with Crippen molar-refractivity contribution in [1.82, 2.24) is 0 Å². The maximum Gasteiger partial charge on any atom is 0.145 e. The normalized spacial score (nSPS) is 10.8. The van der Waals surface area contributed by atoms with Crippen molar-refractivity contribution in [3.8, 4) is 5.75 Å². The Hall–Kier alpha value is -2.07. The standard InChI is InChI=1S/C17H13BrFNO/c18-14-8-16(20)17(9-15(14)19)21-10-12-6-3-5-11-4-1-2-7-13(11)12/h1-9H,10,20H2. The highest BCUT2D eigenvalue weighted by Gasteiger charge is 2.08. The molecular formula is C17H13BrFNO. The van der Waals surface area contributed by atoms with Crippen molar-refractivity contribution >= 4 is 32.4 Å². The fourth-order valence-electron chi connectivity index (χ4n) is 2.24. The van der Waals surface area contributed by atoms with Crippen molar-refractivity contribution in [3.63, 3.8) is 0 Å². The molecule has 0 saturated carbocycles. The molecule has 0 aliphatic rings. The van der Waals surface area contributed by atoms with Crippen molar-refractivity contribution in [1.29, 1.82) is 0 Å². The summed E-state index contributed by atoms with van der Waals surface area (Å²) in [5.41, 5.74) is 7.29. The fourth-order valence-corrected chi connectivity index (χ4v) is 2.60. The zero-order valence-corrected chi connectivity index (χ0v) is 12.7. The Kier molecular flexibility index (Phi) is 3.80. The minimum Gasteiger partial charge on any atom is -0.487 e. The second kappa shape index (κ2) is 5.74. The smallest absolute Gasteiger partial charge is 0.145 e. The van der Waals surface area contributed by atoms with Gasteiger partial charge in [-0.05, 0) is 38.3 Å². The van der Waals surface area contributed by atoms with Crippen molar-refractivity contribution in [2.45, 2.75) is 6.61 Å². The molecule has 0 bridgehead atoms. The average Bonchev–Trinajstić information content (AvgIpc) is 2.49. The summed E-state index contributed by atoms with van der Waals surface area (Å²) in [6.07, 6.45) is 0. The molecule has 0 atom stereocenters. The quantitative estimate of drug-likeness (QED) is 0.685. The van der Waals surface area contributed by atoms with Gasteiger partial charge in [-0.3, -0.25) is 0 Å². The summed E-state index contributed by atoms with van der Waals surface area (Å²) >= 11 is 3.10. The third-order valence-corrected chi connectivity index (χ3v) is 3.92. The van der Waals surface area contributed by atoms with E-state index >= 15 is 0 Å². The molecule has 0 aromatic heterocycles. The minimum atomic E-state index is -0.392. The fraction of sp³-hybridized carbons (Fsp3) is 0.0588. The van der Waals surface area contributed by atoms with E-state index in [1.165, 1.54) is 12.1 Å². The predicted molar refractivity (Wildman–Crippen MR) is 86.8 cm³/mol. The summed E-state index contributed by atoms with van der Waals surface area (Å²) in [7, 11) is 0. The Morgan fingerprint density at radius 1 is 1.05 bits per heavy atom. The number of hydrogen-bond donors (Lipinski definition) is 1. The molecule has 0 fully saturated rings. The predicted octanol–water partition coefficient (Wildman–Crippen LogP) is 4.90. The number of ether oxygens (including phenoxy) is 1. The van der Waals surface area contributed by atoms with Gasteiger partial charge in [0, 0.05) is 6.07 Å². The van der Waals surface area contributed by atoms with E-state index in [4.69, 9.17) is 10.5 Å². The molecule has 2 nitrogen and oxygen atoms in total. The number of nitrogens with two attached hydrogens (primary N) is 1. The Balaban J connectivity index is 1.89. The Morgan fingerprint density at radius 3 is 2.67 bits per heavy atom. The SMILES string of the molecule is Nc1cc(Br)c(F)cc1OCc1cccc2ccccc12. The average molecular weight is 346 g/mol. The molecule has 21 heavy (non-hydrogen) atoms. The second-order valence-corrected chi connectivity index (χ2v) is 5.59. The molecule has 0 aliphatic heterocycles. The molecule has 0 heterocycles. The molecule has 0 amide bonds. The zero-order valence-electron chi connectivity index (χ0n) is 11.1. The van der Waals surface area contributed by atoms with E-state index in [9.17, 15) is 4.39 Å². The first kappa shape index (κ1) is 13.9. The summed E-state index contributed by atoms with van der Waals surface area (Å²) in [4.78, 5) is 0. The van der Waals surface area contributed by atoms with E-state index in [2.05, 4.69) is 15.9 Å². The van der Waals surface area contributed by atoms with Crippen LogP contribution in [0.25, 0.3) is 10.8 Å². The number of fused-ring (bicyclic) bond motifs is 1. The largest absolute Gasteiger partial charge is 0.487 e. The first-order valence-corrected chi connectivity index (χ1v) is 7.28. The van der Waals surface area contributed by atoms with Gasteiger partial charge in [0.1, 0.15) is 18.2 Å². The van der Waals surface area contributed by atoms with Crippen LogP contribution >= 0.6 is 15.9 Å². The molecule has 2 N–H and O–H groups in total. The molecule has 3 rings (SSSR count). The third kappa shape index (κ3) is 2.85. The highest BCUT2D eigenvalue weighted by molar-refractivity contribution is 9.10. The molecule has 0 radical (unpaired) electrons. The van der Waals surface area contributed by atoms with Crippen LogP contribution in [0.3, 0.4) is 0 Å². The van der Waals surface area contributed by atoms with Crippen LogP contribution in [0, 0.1) is 5.82 Å². The third-order valence-electron chi connectivity index (χ3n) is 3.32. The number of hydrogen-bond acceptors (Lipinski definition) is 2. The van der Waals surface area contributed by atoms with E-state index in [-0.39, 0.29) is 0 Å². The Bertz CT molecular complexity index is 799. The molecule has 0 aliphatic carbocycles. The topological polar surface area (TPSA) is 35.2 Å². The van der Waals surface area contributed by atoms with Crippen molar-refractivity contribution in [3.05, 3.63) is 70.5 Å². The van der Waals surface area contributed by atoms with Crippen LogP contribution in [0.5, 0.6) is 5.75 Å². The molecule has 3 aromatic carbocycles. The van der Waals surface area contributed by atoms with Crippen LogP contribution in [0.2, 0.25) is 0 Å². The molecule has 0 spiro atoms. The van der Waals surface area contributed by atoms with Gasteiger partial charge in [0.25, 0.3) is 0 Å². The van der Waals surface area contributed by atoms with Gasteiger partial charge in [0.05, 0.1) is 10.2 Å². The second-order valence-electron chi connectivity index (χ2n) is 4.73. The lowest BCUT2D eigenvalue weighted by molar-refractivity contribution is 0.307. The maximum atomic E-state index is 13.6. The van der Waals surface area contributed by atoms with Gasteiger partial charge in [-0.15, -0.1) is 0 Å². The number of halogens is 2. The summed E-state index contributed by atoms with van der Waals surface area (Å²) in [6, 6.07) is 16.9. The van der Waals surface area contributed by atoms with Crippen molar-refractivity contribution in [2.24, 2.45) is 0 Å². The molecule has 4 heteroatoms. The monoisotopic (exact) mass is 345 g/mol. The van der Waals surface area contributed by atoms with Gasteiger partial charge < -0.3 is 10.5 Å². The number of nitrogen functional groups attached to an aromatic ring is 1. The molecule has 0 saturated heterocycles. The van der Waals surface area contributed by atoms with Gasteiger partial charge in [0.15, 0.2) is 0 Å². The van der Waals surface area contributed by atoms with Gasteiger partial charge in [-0.25, -0.2) is 4.39 Å². The first-order valence-electron chi connectivity index (χ1n) is 6.49. The lowest BCUT2D eigenvalue weighted by Gasteiger charge is -2.11. The van der Waals surface area contributed by atoms with E-state index in [1.807, 2.05) is 42.5 Å². The zero-order chi connectivity index (χ0) is 14.8. The number of benzene rings is 3. The summed E-state index contributed by atoms with van der Waals surface area (Å²) in [5, 5.41) is 2.27. The van der Waals surface area contributed by atoms with Crippen LogP contribution in [0.1, 0.15) is 5.56 Å². The van der Waals surface area contributed by atoms with Crippen LogP contribution in [-0.2, 0) is 6.61 Å². The molecule has 0 unspecified atom stereocenters. The van der Waals surface area contributed by atoms with Crippen molar-refractivity contribution < 1.29 is 9.13 Å². The first-order chi connectivity index (χ1) is 10.1. The Labute approximate surface area is 130 Å². The summed E-state index contributed by atoms with van der Waals surface area (Å²) < 4.78 is 19.6. The Morgan fingerprint density at radius 2 is 1.81 bits per heavy atom. The number of rotatable bonds is 3. The van der Waals surface area contributed by atoms with E-state index in [0.717, 1.165) is 16.3 Å². The minimum absolute atomic E-state index is 0.331. The van der Waals surface area contributed by atoms with Crippen LogP contribution < -0.4 is 10.5 Å². The van der Waals surface area contributed by atoms with Crippen LogP contribution in [0.4, 0.5) is 10.1 Å². The molecule has 3 aromatic rings. The highest BCUT2D eigenvalue weighted by atomic mass is 79.9. The van der Waals surface area contributed by atoms with E-state index < -0.39 is 5.82 Å². The van der Waals surface area contributed by atoms with Crippen LogP contribution in [-0.4, -0.2) is 0 Å². The maximum absolute atomic E-state index is 13.6. The summed E-state index contributed by atoms with van der Waals surface area (Å²) in [6.45, 7) is 0.340. The lowest BCUT2D eigenvalue weighted by Crippen LogP contribution is -2.00. The van der Waals surface area contributed by atoms with Gasteiger partial charge in [0.2, 0.25) is 0 Å². The van der Waals surface area contributed by atoms with E-state index in [0.29, 0.717) is 22.5 Å². The molecule has 106 valence electrons. The van der Waals surface area contributed by atoms with Crippen LogP contribution in [0.15, 0.2) is 59.1 Å². The van der Waals surface area contributed by atoms with Gasteiger partial charge >= 0.3 is 0 Å².